The molecular weight excluding hydrogens is 192 g/mol. The third kappa shape index (κ3) is 8.30. The van der Waals surface area contributed by atoms with E-state index in [0.717, 1.165) is 24.0 Å². The molecule has 0 aliphatic rings. The molecule has 0 amide bonds. The van der Waals surface area contributed by atoms with Crippen LogP contribution < -0.4 is 10.6 Å². The highest BCUT2D eigenvalue weighted by Gasteiger charge is 2.05. The van der Waals surface area contributed by atoms with Crippen LogP contribution in [0.3, 0.4) is 0 Å². The van der Waals surface area contributed by atoms with Crippen molar-refractivity contribution in [3.63, 3.8) is 0 Å². The first-order chi connectivity index (χ1) is 6.56. The quantitative estimate of drug-likeness (QED) is 0.527. The Kier molecular flexibility index (Phi) is 7.86. The van der Waals surface area contributed by atoms with Gasteiger partial charge in [-0.25, -0.2) is 0 Å². The van der Waals surface area contributed by atoms with E-state index in [1.54, 1.807) is 0 Å². The lowest BCUT2D eigenvalue weighted by Gasteiger charge is -2.18. The van der Waals surface area contributed by atoms with E-state index >= 15 is 0 Å². The Balaban J connectivity index is 3.50. The number of hydrogen-bond acceptors (Lipinski definition) is 1. The summed E-state index contributed by atoms with van der Waals surface area (Å²) in [6.07, 6.45) is 3.55. The van der Waals surface area contributed by atoms with Gasteiger partial charge in [0.1, 0.15) is 0 Å². The van der Waals surface area contributed by atoms with E-state index in [1.807, 2.05) is 0 Å². The molecule has 0 fully saturated rings. The normalized spacial score (nSPS) is 12.6. The van der Waals surface area contributed by atoms with E-state index in [9.17, 15) is 0 Å². The molecule has 0 saturated heterocycles. The molecule has 2 nitrogen and oxygen atoms in total. The fourth-order valence-corrected chi connectivity index (χ4v) is 1.72. The summed E-state index contributed by atoms with van der Waals surface area (Å²) in [5.74, 6) is 0.718. The van der Waals surface area contributed by atoms with Crippen molar-refractivity contribution in [1.29, 1.82) is 0 Å². The smallest absolute Gasteiger partial charge is 0.166 e. The van der Waals surface area contributed by atoms with Crippen molar-refractivity contribution in [2.24, 2.45) is 5.92 Å². The van der Waals surface area contributed by atoms with Gasteiger partial charge in [0.2, 0.25) is 0 Å². The SMILES string of the molecule is CCCCNC(=S)NC(C)CC(C)C. The first-order valence-corrected chi connectivity index (χ1v) is 6.01. The van der Waals surface area contributed by atoms with Gasteiger partial charge < -0.3 is 10.6 Å². The third-order valence-electron chi connectivity index (χ3n) is 2.02. The summed E-state index contributed by atoms with van der Waals surface area (Å²) in [6, 6.07) is 0.469. The Labute approximate surface area is 93.8 Å². The van der Waals surface area contributed by atoms with Crippen molar-refractivity contribution in [3.8, 4) is 0 Å². The molecule has 1 unspecified atom stereocenters. The summed E-state index contributed by atoms with van der Waals surface area (Å²) in [4.78, 5) is 0. The van der Waals surface area contributed by atoms with Crippen molar-refractivity contribution in [1.82, 2.24) is 10.6 Å². The highest BCUT2D eigenvalue weighted by molar-refractivity contribution is 7.80. The molecule has 0 aromatic heterocycles. The van der Waals surface area contributed by atoms with Gasteiger partial charge in [-0.2, -0.15) is 0 Å². The second-order valence-corrected chi connectivity index (χ2v) is 4.69. The van der Waals surface area contributed by atoms with E-state index in [0.29, 0.717) is 6.04 Å². The highest BCUT2D eigenvalue weighted by atomic mass is 32.1. The van der Waals surface area contributed by atoms with Gasteiger partial charge >= 0.3 is 0 Å². The van der Waals surface area contributed by atoms with Gasteiger partial charge in [0.05, 0.1) is 0 Å². The Morgan fingerprint density at radius 3 is 2.43 bits per heavy atom. The van der Waals surface area contributed by atoms with Crippen molar-refractivity contribution >= 4 is 17.3 Å². The predicted octanol–water partition coefficient (Wildman–Crippen LogP) is 2.69. The van der Waals surface area contributed by atoms with Gasteiger partial charge in [0, 0.05) is 12.6 Å². The monoisotopic (exact) mass is 216 g/mol. The number of thiocarbonyl (C=S) groups is 1. The van der Waals surface area contributed by atoms with Crippen molar-refractivity contribution in [2.45, 2.75) is 53.0 Å². The average molecular weight is 216 g/mol. The minimum atomic E-state index is 0.469. The Hall–Kier alpha value is -0.310. The van der Waals surface area contributed by atoms with Gasteiger partial charge in [-0.1, -0.05) is 27.2 Å². The van der Waals surface area contributed by atoms with Crippen LogP contribution in [0, 0.1) is 5.92 Å². The number of nitrogens with one attached hydrogen (secondary N) is 2. The van der Waals surface area contributed by atoms with Crippen LogP contribution in [-0.2, 0) is 0 Å². The highest BCUT2D eigenvalue weighted by Crippen LogP contribution is 2.03. The summed E-state index contributed by atoms with van der Waals surface area (Å²) in [5.41, 5.74) is 0. The molecule has 84 valence electrons. The van der Waals surface area contributed by atoms with Crippen LogP contribution in [-0.4, -0.2) is 17.7 Å². The van der Waals surface area contributed by atoms with Gasteiger partial charge in [-0.05, 0) is 37.9 Å². The van der Waals surface area contributed by atoms with Crippen LogP contribution in [0.5, 0.6) is 0 Å². The van der Waals surface area contributed by atoms with Gasteiger partial charge in [-0.15, -0.1) is 0 Å². The molecule has 0 heterocycles. The van der Waals surface area contributed by atoms with E-state index in [1.165, 1.54) is 12.8 Å². The summed E-state index contributed by atoms with van der Waals surface area (Å²) < 4.78 is 0. The van der Waals surface area contributed by atoms with Crippen molar-refractivity contribution < 1.29 is 0 Å². The summed E-state index contributed by atoms with van der Waals surface area (Å²) in [6.45, 7) is 9.79. The van der Waals surface area contributed by atoms with Crippen molar-refractivity contribution in [3.05, 3.63) is 0 Å². The van der Waals surface area contributed by atoms with Crippen LogP contribution >= 0.6 is 12.2 Å². The second kappa shape index (κ2) is 8.04. The first-order valence-electron chi connectivity index (χ1n) is 5.60. The number of unbranched alkanes of at least 4 members (excludes halogenated alkanes) is 1. The van der Waals surface area contributed by atoms with E-state index in [4.69, 9.17) is 12.2 Å². The molecular formula is C11H24N2S. The molecule has 0 spiro atoms. The second-order valence-electron chi connectivity index (χ2n) is 4.28. The molecule has 0 aromatic rings. The molecule has 14 heavy (non-hydrogen) atoms. The van der Waals surface area contributed by atoms with Crippen LogP contribution in [0.15, 0.2) is 0 Å². The van der Waals surface area contributed by atoms with Gasteiger partial charge in [0.25, 0.3) is 0 Å². The maximum atomic E-state index is 5.17. The van der Waals surface area contributed by atoms with Crippen LogP contribution in [0.2, 0.25) is 0 Å². The standard InChI is InChI=1S/C11H24N2S/c1-5-6-7-12-11(14)13-10(4)8-9(2)3/h9-10H,5-8H2,1-4H3,(H2,12,13,14). The fourth-order valence-electron chi connectivity index (χ4n) is 1.42. The average Bonchev–Trinajstić information content (AvgIpc) is 2.02. The van der Waals surface area contributed by atoms with E-state index < -0.39 is 0 Å². The van der Waals surface area contributed by atoms with Crippen LogP contribution in [0.4, 0.5) is 0 Å². The Morgan fingerprint density at radius 1 is 1.29 bits per heavy atom. The first kappa shape index (κ1) is 13.7. The zero-order chi connectivity index (χ0) is 11.0. The molecule has 1 atom stereocenters. The predicted molar refractivity (Wildman–Crippen MR) is 67.6 cm³/mol. The molecule has 2 N–H and O–H groups in total. The topological polar surface area (TPSA) is 24.1 Å². The minimum absolute atomic E-state index is 0.469. The summed E-state index contributed by atoms with van der Waals surface area (Å²) in [5, 5.41) is 7.30. The molecule has 0 aliphatic carbocycles. The molecule has 0 radical (unpaired) electrons. The lowest BCUT2D eigenvalue weighted by molar-refractivity contribution is 0.488. The van der Waals surface area contributed by atoms with Gasteiger partial charge in [-0.3, -0.25) is 0 Å². The molecule has 0 saturated carbocycles. The molecule has 0 rings (SSSR count). The Bertz CT molecular complexity index is 157. The Morgan fingerprint density at radius 2 is 1.93 bits per heavy atom. The maximum absolute atomic E-state index is 5.17. The third-order valence-corrected chi connectivity index (χ3v) is 2.28. The minimum Gasteiger partial charge on any atom is -0.363 e. The largest absolute Gasteiger partial charge is 0.363 e. The summed E-state index contributed by atoms with van der Waals surface area (Å²) in [7, 11) is 0. The summed E-state index contributed by atoms with van der Waals surface area (Å²) >= 11 is 5.17. The van der Waals surface area contributed by atoms with Crippen LogP contribution in [0.25, 0.3) is 0 Å². The lowest BCUT2D eigenvalue weighted by Crippen LogP contribution is -2.41. The van der Waals surface area contributed by atoms with E-state index in [-0.39, 0.29) is 0 Å². The molecule has 3 heteroatoms. The maximum Gasteiger partial charge on any atom is 0.166 e. The van der Waals surface area contributed by atoms with Gasteiger partial charge in [0.15, 0.2) is 5.11 Å². The lowest BCUT2D eigenvalue weighted by atomic mass is 10.1. The van der Waals surface area contributed by atoms with Crippen molar-refractivity contribution in [2.75, 3.05) is 6.54 Å². The van der Waals surface area contributed by atoms with E-state index in [2.05, 4.69) is 38.3 Å². The number of hydrogen-bond donors (Lipinski definition) is 2. The molecule has 0 aliphatic heterocycles. The fraction of sp³-hybridized carbons (Fsp3) is 0.909. The zero-order valence-electron chi connectivity index (χ0n) is 9.89. The zero-order valence-corrected chi connectivity index (χ0v) is 10.7. The molecule has 0 aromatic carbocycles. The molecule has 0 bridgehead atoms. The number of rotatable bonds is 6. The van der Waals surface area contributed by atoms with Crippen LogP contribution in [0.1, 0.15) is 47.0 Å².